The van der Waals surface area contributed by atoms with Crippen LogP contribution in [0.25, 0.3) is 0 Å². The third kappa shape index (κ3) is 5.25. The van der Waals surface area contributed by atoms with Crippen LogP contribution < -0.4 is 11.1 Å². The minimum atomic E-state index is -0.929. The average molecular weight is 292 g/mol. The molecule has 6 nitrogen and oxygen atoms in total. The maximum atomic E-state index is 12.0. The van der Waals surface area contributed by atoms with Gasteiger partial charge in [0, 0.05) is 5.56 Å². The Balaban J connectivity index is 2.71. The second-order valence-corrected chi connectivity index (χ2v) is 4.71. The molecule has 114 valence electrons. The fourth-order valence-electron chi connectivity index (χ4n) is 1.91. The second kappa shape index (κ2) is 8.04. The highest BCUT2D eigenvalue weighted by atomic mass is 16.5. The molecule has 2 amide bonds. The lowest BCUT2D eigenvalue weighted by Gasteiger charge is -2.21. The number of nitrogens with one attached hydrogen (secondary N) is 1. The van der Waals surface area contributed by atoms with Crippen LogP contribution in [-0.2, 0) is 14.3 Å². The largest absolute Gasteiger partial charge is 0.466 e. The molecule has 1 rings (SSSR count). The van der Waals surface area contributed by atoms with E-state index in [2.05, 4.69) is 5.32 Å². The van der Waals surface area contributed by atoms with E-state index in [1.807, 2.05) is 0 Å². The van der Waals surface area contributed by atoms with Crippen LogP contribution in [0.4, 0.5) is 0 Å². The summed E-state index contributed by atoms with van der Waals surface area (Å²) in [6.07, 6.45) is 0.0104. The number of benzene rings is 1. The molecule has 1 aromatic rings. The van der Waals surface area contributed by atoms with Crippen LogP contribution in [-0.4, -0.2) is 30.4 Å². The first-order valence-corrected chi connectivity index (χ1v) is 6.76. The summed E-state index contributed by atoms with van der Waals surface area (Å²) in [4.78, 5) is 35.0. The molecule has 0 bridgehead atoms. The van der Waals surface area contributed by atoms with Crippen LogP contribution in [0.1, 0.15) is 30.6 Å². The summed E-state index contributed by atoms with van der Waals surface area (Å²) in [7, 11) is 0. The highest BCUT2D eigenvalue weighted by molar-refractivity contribution is 5.97. The van der Waals surface area contributed by atoms with Gasteiger partial charge in [-0.15, -0.1) is 0 Å². The monoisotopic (exact) mass is 292 g/mol. The first kappa shape index (κ1) is 16.7. The van der Waals surface area contributed by atoms with Crippen LogP contribution in [0.3, 0.4) is 0 Å². The van der Waals surface area contributed by atoms with Gasteiger partial charge in [-0.2, -0.15) is 0 Å². The Bertz CT molecular complexity index is 502. The number of amides is 2. The molecule has 0 aliphatic carbocycles. The van der Waals surface area contributed by atoms with Gasteiger partial charge in [0.25, 0.3) is 5.91 Å². The molecule has 6 heteroatoms. The van der Waals surface area contributed by atoms with Crippen molar-refractivity contribution >= 4 is 17.8 Å². The number of hydrogen-bond donors (Lipinski definition) is 2. The zero-order valence-electron chi connectivity index (χ0n) is 12.2. The predicted octanol–water partition coefficient (Wildman–Crippen LogP) is 0.860. The zero-order valence-corrected chi connectivity index (χ0v) is 12.2. The van der Waals surface area contributed by atoms with Crippen molar-refractivity contribution in [1.82, 2.24) is 5.32 Å². The van der Waals surface area contributed by atoms with Gasteiger partial charge in [0.15, 0.2) is 0 Å². The minimum absolute atomic E-state index is 0.0104. The normalized spacial score (nSPS) is 13.0. The van der Waals surface area contributed by atoms with E-state index in [1.54, 1.807) is 44.2 Å². The lowest BCUT2D eigenvalue weighted by Crippen LogP contribution is -2.49. The Morgan fingerprint density at radius 3 is 2.38 bits per heavy atom. The van der Waals surface area contributed by atoms with Gasteiger partial charge in [0.2, 0.25) is 5.91 Å². The van der Waals surface area contributed by atoms with Crippen molar-refractivity contribution in [1.29, 1.82) is 0 Å². The molecule has 0 spiro atoms. The highest BCUT2D eigenvalue weighted by Gasteiger charge is 2.27. The van der Waals surface area contributed by atoms with E-state index in [4.69, 9.17) is 10.5 Å². The van der Waals surface area contributed by atoms with Crippen molar-refractivity contribution in [2.45, 2.75) is 26.3 Å². The molecule has 0 fully saturated rings. The van der Waals surface area contributed by atoms with Crippen LogP contribution in [0.2, 0.25) is 0 Å². The average Bonchev–Trinajstić information content (AvgIpc) is 2.45. The standard InChI is InChI=1S/C15H20N2O4/c1-3-21-12(18)9-10(2)13(14(16)19)17-15(20)11-7-5-4-6-8-11/h4-8,10,13H,3,9H2,1-2H3,(H2,16,19)(H,17,20)/t10-,13-/m0/s1. The topological polar surface area (TPSA) is 98.5 Å². The molecule has 0 aliphatic heterocycles. The number of primary amides is 1. The number of rotatable bonds is 7. The highest BCUT2D eigenvalue weighted by Crippen LogP contribution is 2.11. The molecule has 0 saturated carbocycles. The summed E-state index contributed by atoms with van der Waals surface area (Å²) < 4.78 is 4.83. The third-order valence-electron chi connectivity index (χ3n) is 2.99. The molecule has 1 aromatic carbocycles. The Morgan fingerprint density at radius 1 is 1.24 bits per heavy atom. The Morgan fingerprint density at radius 2 is 1.86 bits per heavy atom. The third-order valence-corrected chi connectivity index (χ3v) is 2.99. The molecular weight excluding hydrogens is 272 g/mol. The molecule has 0 aliphatic rings. The van der Waals surface area contributed by atoms with Crippen molar-refractivity contribution in [3.8, 4) is 0 Å². The van der Waals surface area contributed by atoms with Crippen LogP contribution in [0, 0.1) is 5.92 Å². The van der Waals surface area contributed by atoms with E-state index in [9.17, 15) is 14.4 Å². The van der Waals surface area contributed by atoms with Crippen LogP contribution in [0.15, 0.2) is 30.3 Å². The van der Waals surface area contributed by atoms with Gasteiger partial charge >= 0.3 is 5.97 Å². The maximum absolute atomic E-state index is 12.0. The minimum Gasteiger partial charge on any atom is -0.466 e. The van der Waals surface area contributed by atoms with Gasteiger partial charge in [0.05, 0.1) is 13.0 Å². The van der Waals surface area contributed by atoms with Crippen LogP contribution >= 0.6 is 0 Å². The van der Waals surface area contributed by atoms with E-state index in [1.165, 1.54) is 0 Å². The fourth-order valence-corrected chi connectivity index (χ4v) is 1.91. The second-order valence-electron chi connectivity index (χ2n) is 4.71. The quantitative estimate of drug-likeness (QED) is 0.728. The number of carbonyl (C=O) groups is 3. The Labute approximate surface area is 123 Å². The molecule has 0 radical (unpaired) electrons. The summed E-state index contributed by atoms with van der Waals surface area (Å²) >= 11 is 0. The van der Waals surface area contributed by atoms with Gasteiger partial charge in [-0.1, -0.05) is 25.1 Å². The molecule has 0 aromatic heterocycles. The lowest BCUT2D eigenvalue weighted by atomic mass is 9.97. The smallest absolute Gasteiger partial charge is 0.306 e. The molecule has 2 atom stereocenters. The fraction of sp³-hybridized carbons (Fsp3) is 0.400. The van der Waals surface area contributed by atoms with E-state index >= 15 is 0 Å². The van der Waals surface area contributed by atoms with Crippen molar-refractivity contribution in [3.05, 3.63) is 35.9 Å². The molecule has 21 heavy (non-hydrogen) atoms. The van der Waals surface area contributed by atoms with E-state index in [0.29, 0.717) is 5.56 Å². The van der Waals surface area contributed by atoms with Crippen molar-refractivity contribution in [2.75, 3.05) is 6.61 Å². The number of hydrogen-bond acceptors (Lipinski definition) is 4. The van der Waals surface area contributed by atoms with Gasteiger partial charge in [0.1, 0.15) is 6.04 Å². The Kier molecular flexibility index (Phi) is 6.39. The number of carbonyl (C=O) groups excluding carboxylic acids is 3. The molecular formula is C15H20N2O4. The van der Waals surface area contributed by atoms with E-state index < -0.39 is 29.7 Å². The van der Waals surface area contributed by atoms with Gasteiger partial charge < -0.3 is 15.8 Å². The van der Waals surface area contributed by atoms with Crippen molar-refractivity contribution in [2.24, 2.45) is 11.7 Å². The first-order valence-electron chi connectivity index (χ1n) is 6.76. The SMILES string of the molecule is CCOC(=O)C[C@H](C)[C@H](NC(=O)c1ccccc1)C(N)=O. The summed E-state index contributed by atoms with van der Waals surface area (Å²) in [5, 5.41) is 2.56. The van der Waals surface area contributed by atoms with Crippen molar-refractivity contribution < 1.29 is 19.1 Å². The summed E-state index contributed by atoms with van der Waals surface area (Å²) in [5.74, 6) is -1.97. The number of nitrogens with two attached hydrogens (primary N) is 1. The van der Waals surface area contributed by atoms with E-state index in [0.717, 1.165) is 0 Å². The first-order chi connectivity index (χ1) is 9.95. The van der Waals surface area contributed by atoms with Gasteiger partial charge in [-0.05, 0) is 25.0 Å². The molecule has 3 N–H and O–H groups in total. The predicted molar refractivity (Wildman–Crippen MR) is 77.3 cm³/mol. The molecule has 0 saturated heterocycles. The zero-order chi connectivity index (χ0) is 15.8. The van der Waals surface area contributed by atoms with Gasteiger partial charge in [-0.25, -0.2) is 0 Å². The van der Waals surface area contributed by atoms with Crippen molar-refractivity contribution in [3.63, 3.8) is 0 Å². The van der Waals surface area contributed by atoms with Gasteiger partial charge in [-0.3, -0.25) is 14.4 Å². The molecule has 0 unspecified atom stereocenters. The summed E-state index contributed by atoms with van der Waals surface area (Å²) in [6.45, 7) is 3.63. The summed E-state index contributed by atoms with van der Waals surface area (Å²) in [5.41, 5.74) is 5.73. The lowest BCUT2D eigenvalue weighted by molar-refractivity contribution is -0.144. The number of esters is 1. The molecule has 0 heterocycles. The Hall–Kier alpha value is -2.37. The van der Waals surface area contributed by atoms with Crippen LogP contribution in [0.5, 0.6) is 0 Å². The van der Waals surface area contributed by atoms with E-state index in [-0.39, 0.29) is 13.0 Å². The summed E-state index contributed by atoms with van der Waals surface area (Å²) in [6, 6.07) is 7.55. The number of ether oxygens (including phenoxy) is 1. The maximum Gasteiger partial charge on any atom is 0.306 e.